The molecule has 2 aliphatic rings. The number of hydrogen-bond acceptors (Lipinski definition) is 4. The Balaban J connectivity index is 1.81. The predicted molar refractivity (Wildman–Crippen MR) is 111 cm³/mol. The predicted octanol–water partition coefficient (Wildman–Crippen LogP) is 3.74. The van der Waals surface area contributed by atoms with E-state index in [9.17, 15) is 13.2 Å². The van der Waals surface area contributed by atoms with Gasteiger partial charge < -0.3 is 0 Å². The molecule has 6 nitrogen and oxygen atoms in total. The number of nitrogens with zero attached hydrogens (tertiary/aromatic N) is 1. The summed E-state index contributed by atoms with van der Waals surface area (Å²) in [5.41, 5.74) is 3.94. The van der Waals surface area contributed by atoms with Gasteiger partial charge in [0.15, 0.2) is 0 Å². The molecule has 2 saturated carbocycles. The number of rotatable bonds is 6. The van der Waals surface area contributed by atoms with Crippen molar-refractivity contribution in [3.05, 3.63) is 41.4 Å². The quantitative estimate of drug-likeness (QED) is 0.539. The van der Waals surface area contributed by atoms with Crippen molar-refractivity contribution in [3.63, 3.8) is 0 Å². The van der Waals surface area contributed by atoms with Gasteiger partial charge in [-0.25, -0.2) is 18.6 Å². The third-order valence-corrected chi connectivity index (χ3v) is 8.61. The van der Waals surface area contributed by atoms with Gasteiger partial charge in [-0.15, -0.1) is 6.58 Å². The fourth-order valence-corrected chi connectivity index (χ4v) is 5.90. The number of fused-ring (bicyclic) bond motifs is 2. The maximum absolute atomic E-state index is 12.6. The Morgan fingerprint density at radius 2 is 2.11 bits per heavy atom. The number of hydrazone groups is 1. The van der Waals surface area contributed by atoms with E-state index in [2.05, 4.69) is 42.6 Å². The lowest BCUT2D eigenvalue weighted by Crippen LogP contribution is -2.34. The highest BCUT2D eigenvalue weighted by Crippen LogP contribution is 2.63. The van der Waals surface area contributed by atoms with Crippen LogP contribution in [0.1, 0.15) is 50.4 Å². The number of carbonyl (C=O) groups excluding carboxylic acids is 1. The van der Waals surface area contributed by atoms with Gasteiger partial charge in [-0.3, -0.25) is 4.79 Å². The molecule has 0 heterocycles. The summed E-state index contributed by atoms with van der Waals surface area (Å²) in [4.78, 5) is 12.4. The summed E-state index contributed by atoms with van der Waals surface area (Å²) in [6, 6.07) is 4.14. The SMILES string of the molecule is C=CCNS(=O)(=O)c1cc(C(=O)N/N=C2\C[C@@H]3CC[C@@]2(C)C3(C)C)ccc1Cl. The molecule has 2 bridgehead atoms. The van der Waals surface area contributed by atoms with Crippen molar-refractivity contribution in [3.8, 4) is 0 Å². The molecule has 152 valence electrons. The largest absolute Gasteiger partial charge is 0.271 e. The summed E-state index contributed by atoms with van der Waals surface area (Å²) in [5.74, 6) is 0.116. The topological polar surface area (TPSA) is 87.6 Å². The molecule has 0 unspecified atom stereocenters. The fourth-order valence-electron chi connectivity index (χ4n) is 4.38. The van der Waals surface area contributed by atoms with E-state index in [0.29, 0.717) is 5.92 Å². The molecule has 2 fully saturated rings. The third-order valence-electron chi connectivity index (χ3n) is 6.71. The van der Waals surface area contributed by atoms with Crippen LogP contribution in [0.15, 0.2) is 40.9 Å². The van der Waals surface area contributed by atoms with Crippen LogP contribution in [-0.2, 0) is 10.0 Å². The van der Waals surface area contributed by atoms with Crippen LogP contribution in [0.2, 0.25) is 5.02 Å². The molecule has 1 aromatic rings. The van der Waals surface area contributed by atoms with E-state index in [0.717, 1.165) is 18.6 Å². The van der Waals surface area contributed by atoms with Gasteiger partial charge in [0.1, 0.15) is 4.90 Å². The van der Waals surface area contributed by atoms with Gasteiger partial charge in [0, 0.05) is 23.2 Å². The third kappa shape index (κ3) is 3.40. The number of halogens is 1. The zero-order valence-electron chi connectivity index (χ0n) is 16.4. The lowest BCUT2D eigenvalue weighted by Gasteiger charge is -2.34. The van der Waals surface area contributed by atoms with Crippen molar-refractivity contribution in [1.29, 1.82) is 0 Å². The molecule has 2 N–H and O–H groups in total. The average Bonchev–Trinajstić information content (AvgIpc) is 2.98. The second kappa shape index (κ2) is 7.28. The molecular weight excluding hydrogens is 398 g/mol. The van der Waals surface area contributed by atoms with Crippen molar-refractivity contribution in [2.75, 3.05) is 6.54 Å². The van der Waals surface area contributed by atoms with E-state index in [1.807, 2.05) is 0 Å². The number of sulfonamides is 1. The Bertz CT molecular complexity index is 955. The number of amides is 1. The van der Waals surface area contributed by atoms with E-state index in [4.69, 9.17) is 11.6 Å². The molecule has 0 spiro atoms. The summed E-state index contributed by atoms with van der Waals surface area (Å²) in [7, 11) is -3.84. The van der Waals surface area contributed by atoms with E-state index in [1.165, 1.54) is 30.7 Å². The van der Waals surface area contributed by atoms with Crippen LogP contribution in [0.25, 0.3) is 0 Å². The first-order chi connectivity index (χ1) is 13.0. The van der Waals surface area contributed by atoms with Gasteiger partial charge in [-0.05, 0) is 48.8 Å². The fraction of sp³-hybridized carbons (Fsp3) is 0.500. The maximum atomic E-state index is 12.6. The van der Waals surface area contributed by atoms with Crippen molar-refractivity contribution < 1.29 is 13.2 Å². The lowest BCUT2D eigenvalue weighted by atomic mass is 9.70. The summed E-state index contributed by atoms with van der Waals surface area (Å²) < 4.78 is 27.1. The van der Waals surface area contributed by atoms with E-state index >= 15 is 0 Å². The van der Waals surface area contributed by atoms with E-state index in [1.54, 1.807) is 0 Å². The van der Waals surface area contributed by atoms with Crippen molar-refractivity contribution >= 4 is 33.2 Å². The average molecular weight is 424 g/mol. The van der Waals surface area contributed by atoms with E-state index < -0.39 is 15.9 Å². The van der Waals surface area contributed by atoms with E-state index in [-0.39, 0.29) is 32.9 Å². The number of carbonyl (C=O) groups is 1. The van der Waals surface area contributed by atoms with Gasteiger partial charge in [0.2, 0.25) is 10.0 Å². The minimum atomic E-state index is -3.84. The van der Waals surface area contributed by atoms with Crippen LogP contribution in [0.3, 0.4) is 0 Å². The highest BCUT2D eigenvalue weighted by molar-refractivity contribution is 7.89. The molecular formula is C20H26ClN3O3S. The number of benzene rings is 1. The standard InChI is InChI=1S/C20H26ClN3O3S/c1-5-10-22-28(26,27)16-11-13(6-7-15(16)21)18(25)24-23-17-12-14-8-9-20(17,4)19(14,2)3/h5-7,11,14,22H,1,8-10,12H2,2-4H3,(H,24,25)/b23-17+/t14-,20+/m0/s1. The van der Waals surface area contributed by atoms with Crippen molar-refractivity contribution in [1.82, 2.24) is 10.1 Å². The monoisotopic (exact) mass is 423 g/mol. The summed E-state index contributed by atoms with van der Waals surface area (Å²) in [6.07, 6.45) is 4.56. The Labute approximate surface area is 171 Å². The Kier molecular flexibility index (Phi) is 5.47. The minimum Gasteiger partial charge on any atom is -0.267 e. The molecule has 0 aromatic heterocycles. The van der Waals surface area contributed by atoms with Crippen molar-refractivity contribution in [2.24, 2.45) is 21.8 Å². The molecule has 0 saturated heterocycles. The van der Waals surface area contributed by atoms with Gasteiger partial charge >= 0.3 is 0 Å². The maximum Gasteiger partial charge on any atom is 0.271 e. The highest BCUT2D eigenvalue weighted by Gasteiger charge is 2.60. The molecule has 0 aliphatic heterocycles. The minimum absolute atomic E-state index is 0.0198. The first kappa shape index (κ1) is 21.0. The molecule has 28 heavy (non-hydrogen) atoms. The zero-order chi connectivity index (χ0) is 20.7. The highest BCUT2D eigenvalue weighted by atomic mass is 35.5. The van der Waals surface area contributed by atoms with Crippen LogP contribution in [0, 0.1) is 16.7 Å². The lowest BCUT2D eigenvalue weighted by molar-refractivity contribution is 0.0953. The molecule has 1 amide bonds. The summed E-state index contributed by atoms with van der Waals surface area (Å²) in [5, 5.41) is 4.46. The Morgan fingerprint density at radius 1 is 1.39 bits per heavy atom. The van der Waals surface area contributed by atoms with Gasteiger partial charge in [-0.1, -0.05) is 38.4 Å². The zero-order valence-corrected chi connectivity index (χ0v) is 18.0. The van der Waals surface area contributed by atoms with Crippen LogP contribution in [-0.4, -0.2) is 26.6 Å². The van der Waals surface area contributed by atoms with Crippen LogP contribution >= 0.6 is 11.6 Å². The van der Waals surface area contributed by atoms with Gasteiger partial charge in [0.25, 0.3) is 5.91 Å². The van der Waals surface area contributed by atoms with Crippen LogP contribution < -0.4 is 10.1 Å². The summed E-state index contributed by atoms with van der Waals surface area (Å²) >= 11 is 6.03. The van der Waals surface area contributed by atoms with Crippen LogP contribution in [0.4, 0.5) is 0 Å². The first-order valence-electron chi connectivity index (χ1n) is 9.30. The first-order valence-corrected chi connectivity index (χ1v) is 11.2. The molecule has 2 aliphatic carbocycles. The number of hydrogen-bond donors (Lipinski definition) is 2. The molecule has 0 radical (unpaired) electrons. The molecule has 3 rings (SSSR count). The van der Waals surface area contributed by atoms with Crippen molar-refractivity contribution in [2.45, 2.75) is 44.9 Å². The van der Waals surface area contributed by atoms with Gasteiger partial charge in [0.05, 0.1) is 5.02 Å². The summed E-state index contributed by atoms with van der Waals surface area (Å²) in [6.45, 7) is 10.3. The molecule has 2 atom stereocenters. The number of nitrogens with one attached hydrogen (secondary N) is 2. The molecule has 8 heteroatoms. The smallest absolute Gasteiger partial charge is 0.267 e. The van der Waals surface area contributed by atoms with Crippen LogP contribution in [0.5, 0.6) is 0 Å². The van der Waals surface area contributed by atoms with Gasteiger partial charge in [-0.2, -0.15) is 5.10 Å². The second-order valence-corrected chi connectivity index (χ2v) is 10.4. The molecule has 1 aromatic carbocycles. The normalized spacial score (nSPS) is 27.1. The Hall–Kier alpha value is -1.70. The Morgan fingerprint density at radius 3 is 2.68 bits per heavy atom. The second-order valence-electron chi connectivity index (χ2n) is 8.28.